The third kappa shape index (κ3) is 3.72. The molecule has 0 aliphatic heterocycles. The fraction of sp³-hybridized carbons (Fsp3) is 0.889. The Labute approximate surface area is 73.5 Å². The molecule has 0 saturated heterocycles. The van der Waals surface area contributed by atoms with Gasteiger partial charge in [-0.05, 0) is 12.8 Å². The van der Waals surface area contributed by atoms with Crippen molar-refractivity contribution in [3.8, 4) is 0 Å². The number of rotatable bonds is 4. The van der Waals surface area contributed by atoms with E-state index in [1.165, 1.54) is 32.6 Å². The predicted molar refractivity (Wildman–Crippen MR) is 46.9 cm³/mol. The Bertz CT molecular complexity index is 141. The molecule has 1 saturated carbocycles. The molecule has 1 fully saturated rings. The first-order valence-electron chi connectivity index (χ1n) is 4.65. The molecule has 0 heterocycles. The van der Waals surface area contributed by atoms with Gasteiger partial charge in [0.2, 0.25) is 5.91 Å². The quantitative estimate of drug-likeness (QED) is 0.643. The van der Waals surface area contributed by atoms with Crippen molar-refractivity contribution < 1.29 is 9.53 Å². The summed E-state index contributed by atoms with van der Waals surface area (Å²) in [5.74, 6) is 0.0185. The van der Waals surface area contributed by atoms with E-state index in [0.29, 0.717) is 19.3 Å². The molecule has 1 N–H and O–H groups in total. The normalized spacial score (nSPS) is 18.1. The van der Waals surface area contributed by atoms with E-state index in [0.717, 1.165) is 0 Å². The second-order valence-corrected chi connectivity index (χ2v) is 3.26. The highest BCUT2D eigenvalue weighted by molar-refractivity contribution is 5.72. The molecule has 3 heteroatoms. The van der Waals surface area contributed by atoms with Gasteiger partial charge >= 0.3 is 0 Å². The third-order valence-corrected chi connectivity index (χ3v) is 2.13. The lowest BCUT2D eigenvalue weighted by molar-refractivity contribution is -0.119. The highest BCUT2D eigenvalue weighted by Gasteiger charge is 2.14. The van der Waals surface area contributed by atoms with Crippen LogP contribution in [0.4, 0.5) is 0 Å². The van der Waals surface area contributed by atoms with Crippen LogP contribution in [0.25, 0.3) is 0 Å². The van der Waals surface area contributed by atoms with E-state index in [1.807, 2.05) is 0 Å². The zero-order valence-electron chi connectivity index (χ0n) is 7.64. The van der Waals surface area contributed by atoms with E-state index < -0.39 is 0 Å². The number of carbonyl (C=O) groups excluding carboxylic acids is 1. The Morgan fingerprint density at radius 1 is 1.50 bits per heavy atom. The number of hydrogen-bond acceptors (Lipinski definition) is 2. The first kappa shape index (κ1) is 9.52. The van der Waals surface area contributed by atoms with E-state index in [2.05, 4.69) is 5.32 Å². The van der Waals surface area contributed by atoms with Gasteiger partial charge in [-0.1, -0.05) is 12.8 Å². The van der Waals surface area contributed by atoms with Crippen LogP contribution in [0.15, 0.2) is 0 Å². The van der Waals surface area contributed by atoms with Gasteiger partial charge in [-0.3, -0.25) is 4.79 Å². The fourth-order valence-corrected chi connectivity index (χ4v) is 1.51. The maximum Gasteiger partial charge on any atom is 0.216 e. The van der Waals surface area contributed by atoms with Crippen LogP contribution in [0.1, 0.15) is 32.6 Å². The van der Waals surface area contributed by atoms with Gasteiger partial charge in [-0.2, -0.15) is 0 Å². The van der Waals surface area contributed by atoms with Crippen LogP contribution in [-0.2, 0) is 9.53 Å². The van der Waals surface area contributed by atoms with Crippen LogP contribution >= 0.6 is 0 Å². The molecule has 0 radical (unpaired) electrons. The largest absolute Gasteiger partial charge is 0.376 e. The molecule has 1 aliphatic rings. The summed E-state index contributed by atoms with van der Waals surface area (Å²) in [6.45, 7) is 2.83. The summed E-state index contributed by atoms with van der Waals surface area (Å²) in [7, 11) is 0. The van der Waals surface area contributed by atoms with Crippen LogP contribution in [-0.4, -0.2) is 25.2 Å². The lowest BCUT2D eigenvalue weighted by Gasteiger charge is -2.10. The maximum atomic E-state index is 10.5. The summed E-state index contributed by atoms with van der Waals surface area (Å²) in [5.41, 5.74) is 0. The summed E-state index contributed by atoms with van der Waals surface area (Å²) in [6.07, 6.45) is 5.44. The number of nitrogens with one attached hydrogen (secondary N) is 1. The summed E-state index contributed by atoms with van der Waals surface area (Å²) in [5, 5.41) is 2.71. The molecule has 0 unspecified atom stereocenters. The van der Waals surface area contributed by atoms with E-state index in [4.69, 9.17) is 4.74 Å². The number of hydrogen-bond donors (Lipinski definition) is 1. The van der Waals surface area contributed by atoms with Gasteiger partial charge in [-0.15, -0.1) is 0 Å². The highest BCUT2D eigenvalue weighted by atomic mass is 16.5. The molecule has 0 bridgehead atoms. The van der Waals surface area contributed by atoms with Crippen molar-refractivity contribution >= 4 is 5.91 Å². The Balaban J connectivity index is 1.91. The lowest BCUT2D eigenvalue weighted by Crippen LogP contribution is -2.25. The molecule has 0 aromatic rings. The molecule has 12 heavy (non-hydrogen) atoms. The van der Waals surface area contributed by atoms with Crippen molar-refractivity contribution in [2.45, 2.75) is 38.7 Å². The summed E-state index contributed by atoms with van der Waals surface area (Å²) >= 11 is 0. The second kappa shape index (κ2) is 5.14. The van der Waals surface area contributed by atoms with Crippen molar-refractivity contribution in [2.24, 2.45) is 0 Å². The average molecular weight is 171 g/mol. The van der Waals surface area contributed by atoms with E-state index in [1.54, 1.807) is 0 Å². The summed E-state index contributed by atoms with van der Waals surface area (Å²) < 4.78 is 5.54. The predicted octanol–water partition coefficient (Wildman–Crippen LogP) is 1.08. The number of carbonyl (C=O) groups is 1. The average Bonchev–Trinajstić information content (AvgIpc) is 2.49. The third-order valence-electron chi connectivity index (χ3n) is 2.13. The zero-order chi connectivity index (χ0) is 8.81. The van der Waals surface area contributed by atoms with Crippen molar-refractivity contribution in [1.82, 2.24) is 5.32 Å². The Morgan fingerprint density at radius 2 is 2.17 bits per heavy atom. The SMILES string of the molecule is CC(=O)NCCOC1CCCC1. The van der Waals surface area contributed by atoms with E-state index in [9.17, 15) is 4.79 Å². The molecule has 0 atom stereocenters. The second-order valence-electron chi connectivity index (χ2n) is 3.26. The first-order valence-corrected chi connectivity index (χ1v) is 4.65. The van der Waals surface area contributed by atoms with Crippen LogP contribution < -0.4 is 5.32 Å². The molecule has 0 aromatic heterocycles. The van der Waals surface area contributed by atoms with Gasteiger partial charge in [0.05, 0.1) is 12.7 Å². The van der Waals surface area contributed by atoms with Gasteiger partial charge in [-0.25, -0.2) is 0 Å². The van der Waals surface area contributed by atoms with Crippen molar-refractivity contribution in [3.05, 3.63) is 0 Å². The van der Waals surface area contributed by atoms with Crippen LogP contribution in [0.3, 0.4) is 0 Å². The maximum absolute atomic E-state index is 10.5. The monoisotopic (exact) mass is 171 g/mol. The Morgan fingerprint density at radius 3 is 2.75 bits per heavy atom. The molecule has 1 rings (SSSR count). The Hall–Kier alpha value is -0.570. The summed E-state index contributed by atoms with van der Waals surface area (Å²) in [6, 6.07) is 0. The van der Waals surface area contributed by atoms with Gasteiger partial charge in [0.1, 0.15) is 0 Å². The fourth-order valence-electron chi connectivity index (χ4n) is 1.51. The minimum Gasteiger partial charge on any atom is -0.376 e. The van der Waals surface area contributed by atoms with E-state index >= 15 is 0 Å². The lowest BCUT2D eigenvalue weighted by atomic mass is 10.3. The summed E-state index contributed by atoms with van der Waals surface area (Å²) in [4.78, 5) is 10.5. The molecule has 70 valence electrons. The zero-order valence-corrected chi connectivity index (χ0v) is 7.64. The van der Waals surface area contributed by atoms with Crippen LogP contribution in [0.2, 0.25) is 0 Å². The Kier molecular flexibility index (Phi) is 4.08. The molecular weight excluding hydrogens is 154 g/mol. The van der Waals surface area contributed by atoms with Gasteiger partial charge in [0.15, 0.2) is 0 Å². The minimum atomic E-state index is 0.0185. The minimum absolute atomic E-state index is 0.0185. The molecule has 1 aliphatic carbocycles. The molecule has 0 aromatic carbocycles. The highest BCUT2D eigenvalue weighted by Crippen LogP contribution is 2.20. The topological polar surface area (TPSA) is 38.3 Å². The molecule has 0 spiro atoms. The van der Waals surface area contributed by atoms with Gasteiger partial charge in [0, 0.05) is 13.5 Å². The van der Waals surface area contributed by atoms with Crippen LogP contribution in [0.5, 0.6) is 0 Å². The smallest absolute Gasteiger partial charge is 0.216 e. The number of ether oxygens (including phenoxy) is 1. The molecule has 3 nitrogen and oxygen atoms in total. The molecular formula is C9H17NO2. The van der Waals surface area contributed by atoms with Gasteiger partial charge < -0.3 is 10.1 Å². The van der Waals surface area contributed by atoms with Crippen LogP contribution in [0, 0.1) is 0 Å². The standard InChI is InChI=1S/C9H17NO2/c1-8(11)10-6-7-12-9-4-2-3-5-9/h9H,2-7H2,1H3,(H,10,11). The van der Waals surface area contributed by atoms with Crippen molar-refractivity contribution in [1.29, 1.82) is 0 Å². The van der Waals surface area contributed by atoms with E-state index in [-0.39, 0.29) is 5.91 Å². The van der Waals surface area contributed by atoms with Gasteiger partial charge in [0.25, 0.3) is 0 Å². The molecule has 1 amide bonds. The van der Waals surface area contributed by atoms with Crippen molar-refractivity contribution in [2.75, 3.05) is 13.2 Å². The first-order chi connectivity index (χ1) is 5.79. The van der Waals surface area contributed by atoms with Crippen molar-refractivity contribution in [3.63, 3.8) is 0 Å². The number of amides is 1.